The van der Waals surface area contributed by atoms with Crippen molar-refractivity contribution in [3.05, 3.63) is 11.1 Å². The van der Waals surface area contributed by atoms with E-state index in [2.05, 4.69) is 29.5 Å². The predicted octanol–water partition coefficient (Wildman–Crippen LogP) is 2.84. The van der Waals surface area contributed by atoms with Crippen LogP contribution in [0.25, 0.3) is 0 Å². The number of nitrogens with zero attached hydrogens (tertiary/aromatic N) is 1. The first kappa shape index (κ1) is 8.05. The summed E-state index contributed by atoms with van der Waals surface area (Å²) in [5, 5.41) is 6.57. The van der Waals surface area contributed by atoms with Crippen molar-refractivity contribution in [2.75, 3.05) is 5.32 Å². The molecule has 1 fully saturated rings. The highest BCUT2D eigenvalue weighted by Crippen LogP contribution is 2.40. The van der Waals surface area contributed by atoms with Gasteiger partial charge in [0.05, 0.1) is 5.69 Å². The lowest BCUT2D eigenvalue weighted by atomic mass is 10.3. The summed E-state index contributed by atoms with van der Waals surface area (Å²) in [5.41, 5.74) is 1.29. The van der Waals surface area contributed by atoms with Crippen molar-refractivity contribution in [2.24, 2.45) is 0 Å². The van der Waals surface area contributed by atoms with Crippen LogP contribution in [0.4, 0.5) is 5.13 Å². The van der Waals surface area contributed by atoms with Gasteiger partial charge in [0, 0.05) is 17.3 Å². The zero-order valence-corrected chi connectivity index (χ0v) is 8.32. The Morgan fingerprint density at radius 1 is 1.58 bits per heavy atom. The highest BCUT2D eigenvalue weighted by Gasteiger charge is 2.25. The van der Waals surface area contributed by atoms with Crippen LogP contribution in [0.5, 0.6) is 0 Å². The van der Waals surface area contributed by atoms with Crippen molar-refractivity contribution in [3.8, 4) is 0 Å². The normalized spacial score (nSPS) is 16.9. The van der Waals surface area contributed by atoms with E-state index < -0.39 is 0 Å². The SMILES string of the molecule is CC(C)Nc1nc(C2CC2)cs1. The van der Waals surface area contributed by atoms with Gasteiger partial charge in [-0.3, -0.25) is 0 Å². The third-order valence-corrected chi connectivity index (χ3v) is 2.72. The van der Waals surface area contributed by atoms with E-state index in [0.717, 1.165) is 11.0 Å². The fraction of sp³-hybridized carbons (Fsp3) is 0.667. The third kappa shape index (κ3) is 1.78. The number of thiazole rings is 1. The summed E-state index contributed by atoms with van der Waals surface area (Å²) in [7, 11) is 0. The van der Waals surface area contributed by atoms with Gasteiger partial charge in [-0.1, -0.05) is 0 Å². The second-order valence-corrected chi connectivity index (χ2v) is 4.51. The van der Waals surface area contributed by atoms with Crippen molar-refractivity contribution >= 4 is 16.5 Å². The van der Waals surface area contributed by atoms with Gasteiger partial charge in [-0.15, -0.1) is 11.3 Å². The molecule has 1 N–H and O–H groups in total. The first-order chi connectivity index (χ1) is 5.75. The maximum absolute atomic E-state index is 4.52. The third-order valence-electron chi connectivity index (χ3n) is 1.93. The van der Waals surface area contributed by atoms with Gasteiger partial charge in [0.1, 0.15) is 0 Å². The molecule has 3 heteroatoms. The van der Waals surface area contributed by atoms with Crippen molar-refractivity contribution < 1.29 is 0 Å². The molecule has 1 aliphatic rings. The largest absolute Gasteiger partial charge is 0.359 e. The smallest absolute Gasteiger partial charge is 0.183 e. The molecule has 0 unspecified atom stereocenters. The van der Waals surface area contributed by atoms with Crippen LogP contribution in [0.3, 0.4) is 0 Å². The molecule has 0 aliphatic heterocycles. The molecule has 1 aromatic heterocycles. The number of anilines is 1. The highest BCUT2D eigenvalue weighted by molar-refractivity contribution is 7.13. The molecular formula is C9H14N2S. The van der Waals surface area contributed by atoms with E-state index in [1.54, 1.807) is 11.3 Å². The van der Waals surface area contributed by atoms with E-state index in [4.69, 9.17) is 0 Å². The Bertz CT molecular complexity index is 263. The van der Waals surface area contributed by atoms with Crippen LogP contribution in [0.2, 0.25) is 0 Å². The standard InChI is InChI=1S/C9H14N2S/c1-6(2)10-9-11-8(5-12-9)7-3-4-7/h5-7H,3-4H2,1-2H3,(H,10,11). The number of hydrogen-bond acceptors (Lipinski definition) is 3. The van der Waals surface area contributed by atoms with E-state index in [1.165, 1.54) is 18.5 Å². The summed E-state index contributed by atoms with van der Waals surface area (Å²) in [6, 6.07) is 0.489. The summed E-state index contributed by atoms with van der Waals surface area (Å²) in [5.74, 6) is 0.781. The summed E-state index contributed by atoms with van der Waals surface area (Å²) in [6.07, 6.45) is 2.68. The average Bonchev–Trinajstić information content (AvgIpc) is 2.73. The minimum absolute atomic E-state index is 0.489. The zero-order valence-electron chi connectivity index (χ0n) is 7.50. The van der Waals surface area contributed by atoms with Gasteiger partial charge in [0.2, 0.25) is 0 Å². The summed E-state index contributed by atoms with van der Waals surface area (Å²) in [4.78, 5) is 4.52. The van der Waals surface area contributed by atoms with E-state index in [0.29, 0.717) is 6.04 Å². The molecule has 1 aliphatic carbocycles. The van der Waals surface area contributed by atoms with Gasteiger partial charge in [-0.25, -0.2) is 4.98 Å². The first-order valence-corrected chi connectivity index (χ1v) is 5.35. The highest BCUT2D eigenvalue weighted by atomic mass is 32.1. The number of nitrogens with one attached hydrogen (secondary N) is 1. The average molecular weight is 182 g/mol. The predicted molar refractivity (Wildman–Crippen MR) is 52.8 cm³/mol. The van der Waals surface area contributed by atoms with E-state index in [9.17, 15) is 0 Å². The molecule has 1 saturated carbocycles. The first-order valence-electron chi connectivity index (χ1n) is 4.47. The van der Waals surface area contributed by atoms with Crippen LogP contribution in [0.1, 0.15) is 38.3 Å². The molecule has 2 nitrogen and oxygen atoms in total. The maximum Gasteiger partial charge on any atom is 0.183 e. The fourth-order valence-electron chi connectivity index (χ4n) is 1.17. The number of rotatable bonds is 3. The Kier molecular flexibility index (Phi) is 2.05. The molecule has 0 saturated heterocycles. The molecule has 2 rings (SSSR count). The fourth-order valence-corrected chi connectivity index (χ4v) is 2.11. The van der Waals surface area contributed by atoms with Gasteiger partial charge < -0.3 is 5.32 Å². The Labute approximate surface area is 77.0 Å². The molecule has 1 aromatic rings. The Hall–Kier alpha value is -0.570. The van der Waals surface area contributed by atoms with Crippen LogP contribution < -0.4 is 5.32 Å². The maximum atomic E-state index is 4.52. The molecule has 66 valence electrons. The van der Waals surface area contributed by atoms with Crippen LogP contribution in [0, 0.1) is 0 Å². The number of aromatic nitrogens is 1. The summed E-state index contributed by atoms with van der Waals surface area (Å²) < 4.78 is 0. The van der Waals surface area contributed by atoms with Crippen LogP contribution >= 0.6 is 11.3 Å². The van der Waals surface area contributed by atoms with Gasteiger partial charge >= 0.3 is 0 Å². The second-order valence-electron chi connectivity index (χ2n) is 3.65. The Morgan fingerprint density at radius 2 is 2.33 bits per heavy atom. The molecular weight excluding hydrogens is 168 g/mol. The summed E-state index contributed by atoms with van der Waals surface area (Å²) >= 11 is 1.72. The molecule has 1 heterocycles. The zero-order chi connectivity index (χ0) is 8.55. The van der Waals surface area contributed by atoms with Crippen molar-refractivity contribution in [3.63, 3.8) is 0 Å². The lowest BCUT2D eigenvalue weighted by Crippen LogP contribution is -2.09. The van der Waals surface area contributed by atoms with Gasteiger partial charge in [-0.05, 0) is 26.7 Å². The van der Waals surface area contributed by atoms with Gasteiger partial charge in [-0.2, -0.15) is 0 Å². The van der Waals surface area contributed by atoms with Crippen LogP contribution in [-0.4, -0.2) is 11.0 Å². The van der Waals surface area contributed by atoms with E-state index in [-0.39, 0.29) is 0 Å². The topological polar surface area (TPSA) is 24.9 Å². The van der Waals surface area contributed by atoms with E-state index >= 15 is 0 Å². The van der Waals surface area contributed by atoms with E-state index in [1.807, 2.05) is 0 Å². The van der Waals surface area contributed by atoms with Gasteiger partial charge in [0.15, 0.2) is 5.13 Å². The lowest BCUT2D eigenvalue weighted by molar-refractivity contribution is 0.892. The molecule has 0 spiro atoms. The molecule has 0 bridgehead atoms. The monoisotopic (exact) mass is 182 g/mol. The summed E-state index contributed by atoms with van der Waals surface area (Å²) in [6.45, 7) is 4.27. The van der Waals surface area contributed by atoms with Crippen LogP contribution in [0.15, 0.2) is 5.38 Å². The minimum atomic E-state index is 0.489. The van der Waals surface area contributed by atoms with Gasteiger partial charge in [0.25, 0.3) is 0 Å². The molecule has 0 radical (unpaired) electrons. The molecule has 0 atom stereocenters. The minimum Gasteiger partial charge on any atom is -0.359 e. The second kappa shape index (κ2) is 3.05. The molecule has 0 aromatic carbocycles. The van der Waals surface area contributed by atoms with Crippen molar-refractivity contribution in [2.45, 2.75) is 38.6 Å². The van der Waals surface area contributed by atoms with Crippen LogP contribution in [-0.2, 0) is 0 Å². The Balaban J connectivity index is 2.03. The van der Waals surface area contributed by atoms with Crippen molar-refractivity contribution in [1.29, 1.82) is 0 Å². The lowest BCUT2D eigenvalue weighted by Gasteiger charge is -2.04. The number of hydrogen-bond donors (Lipinski definition) is 1. The molecule has 12 heavy (non-hydrogen) atoms. The molecule has 0 amide bonds. The Morgan fingerprint density at radius 3 is 2.92 bits per heavy atom. The van der Waals surface area contributed by atoms with Crippen molar-refractivity contribution in [1.82, 2.24) is 4.98 Å². The quantitative estimate of drug-likeness (QED) is 0.777.